The molecule has 1 fully saturated rings. The fraction of sp³-hybridized carbons (Fsp3) is 1.00. The quantitative estimate of drug-likeness (QED) is 0.734. The molecule has 1 saturated heterocycles. The fourth-order valence-electron chi connectivity index (χ4n) is 1.85. The summed E-state index contributed by atoms with van der Waals surface area (Å²) in [5.41, 5.74) is 0. The molecule has 1 aliphatic heterocycles. The van der Waals surface area contributed by atoms with Crippen molar-refractivity contribution in [3.05, 3.63) is 0 Å². The third kappa shape index (κ3) is 3.16. The van der Waals surface area contributed by atoms with Gasteiger partial charge in [-0.25, -0.2) is 0 Å². The van der Waals surface area contributed by atoms with Crippen molar-refractivity contribution in [1.82, 2.24) is 13.9 Å². The average molecular weight is 249 g/mol. The van der Waals surface area contributed by atoms with E-state index in [0.29, 0.717) is 6.54 Å². The third-order valence-corrected chi connectivity index (χ3v) is 5.13. The first-order valence-corrected chi connectivity index (χ1v) is 7.30. The molecule has 96 valence electrons. The largest absolute Gasteiger partial charge is 0.315 e. The van der Waals surface area contributed by atoms with Crippen molar-refractivity contribution in [2.24, 2.45) is 0 Å². The Balaban J connectivity index is 2.60. The van der Waals surface area contributed by atoms with Gasteiger partial charge >= 0.3 is 0 Å². The highest BCUT2D eigenvalue weighted by Crippen LogP contribution is 2.14. The molecule has 0 spiro atoms. The summed E-state index contributed by atoms with van der Waals surface area (Å²) in [6.45, 7) is 4.33. The summed E-state index contributed by atoms with van der Waals surface area (Å²) < 4.78 is 27.3. The van der Waals surface area contributed by atoms with Crippen LogP contribution in [0.15, 0.2) is 0 Å². The number of nitrogens with one attached hydrogen (secondary N) is 1. The average Bonchev–Trinajstić information content (AvgIpc) is 2.77. The van der Waals surface area contributed by atoms with E-state index in [2.05, 4.69) is 12.2 Å². The molecule has 1 heterocycles. The molecular weight excluding hydrogens is 226 g/mol. The molecule has 1 N–H and O–H groups in total. The molecular formula is C10H23N3O2S. The molecule has 0 aliphatic carbocycles. The minimum atomic E-state index is -3.27. The fourth-order valence-corrected chi connectivity index (χ4v) is 3.21. The molecule has 6 heteroatoms. The van der Waals surface area contributed by atoms with Crippen LogP contribution in [-0.2, 0) is 10.2 Å². The predicted molar refractivity (Wildman–Crippen MR) is 65.5 cm³/mol. The second-order valence-corrected chi connectivity index (χ2v) is 6.44. The Morgan fingerprint density at radius 2 is 2.06 bits per heavy atom. The van der Waals surface area contributed by atoms with Gasteiger partial charge in [0.1, 0.15) is 0 Å². The van der Waals surface area contributed by atoms with Crippen LogP contribution in [0.1, 0.15) is 26.2 Å². The SMILES string of the molecule is CCCCN(C)S(=O)(=O)N(C)C1CCNC1. The molecule has 0 saturated carbocycles. The van der Waals surface area contributed by atoms with Crippen LogP contribution >= 0.6 is 0 Å². The highest BCUT2D eigenvalue weighted by atomic mass is 32.2. The molecule has 1 atom stereocenters. The van der Waals surface area contributed by atoms with E-state index in [1.54, 1.807) is 14.1 Å². The maximum absolute atomic E-state index is 12.1. The standard InChI is InChI=1S/C10H23N3O2S/c1-4-5-8-12(2)16(14,15)13(3)10-6-7-11-9-10/h10-11H,4-9H2,1-3H3. The Morgan fingerprint density at radius 1 is 1.38 bits per heavy atom. The molecule has 1 unspecified atom stereocenters. The third-order valence-electron chi connectivity index (χ3n) is 3.13. The van der Waals surface area contributed by atoms with Crippen LogP contribution in [0, 0.1) is 0 Å². The Bertz CT molecular complexity index is 299. The van der Waals surface area contributed by atoms with E-state index in [-0.39, 0.29) is 6.04 Å². The second kappa shape index (κ2) is 5.95. The Morgan fingerprint density at radius 3 is 2.56 bits per heavy atom. The van der Waals surface area contributed by atoms with Gasteiger partial charge in [-0.15, -0.1) is 0 Å². The normalized spacial score (nSPS) is 22.2. The zero-order chi connectivity index (χ0) is 12.2. The molecule has 0 bridgehead atoms. The monoisotopic (exact) mass is 249 g/mol. The van der Waals surface area contributed by atoms with Crippen LogP contribution < -0.4 is 5.32 Å². The lowest BCUT2D eigenvalue weighted by Crippen LogP contribution is -2.46. The van der Waals surface area contributed by atoms with E-state index in [1.165, 1.54) is 8.61 Å². The molecule has 1 rings (SSSR count). The molecule has 0 aromatic carbocycles. The van der Waals surface area contributed by atoms with Crippen molar-refractivity contribution >= 4 is 10.2 Å². The van der Waals surface area contributed by atoms with Crippen LogP contribution in [0.5, 0.6) is 0 Å². The van der Waals surface area contributed by atoms with Gasteiger partial charge in [-0.2, -0.15) is 17.0 Å². The molecule has 0 aromatic rings. The van der Waals surface area contributed by atoms with Crippen molar-refractivity contribution in [2.75, 3.05) is 33.7 Å². The van der Waals surface area contributed by atoms with Crippen LogP contribution in [0.2, 0.25) is 0 Å². The van der Waals surface area contributed by atoms with E-state index in [4.69, 9.17) is 0 Å². The van der Waals surface area contributed by atoms with Gasteiger partial charge in [0.05, 0.1) is 0 Å². The van der Waals surface area contributed by atoms with E-state index in [0.717, 1.165) is 32.4 Å². The van der Waals surface area contributed by atoms with Crippen LogP contribution in [0.3, 0.4) is 0 Å². The van der Waals surface area contributed by atoms with E-state index >= 15 is 0 Å². The topological polar surface area (TPSA) is 52.7 Å². The van der Waals surface area contributed by atoms with Gasteiger partial charge in [0.15, 0.2) is 0 Å². The van der Waals surface area contributed by atoms with Crippen molar-refractivity contribution < 1.29 is 8.42 Å². The van der Waals surface area contributed by atoms with E-state index in [9.17, 15) is 8.42 Å². The maximum Gasteiger partial charge on any atom is 0.281 e. The van der Waals surface area contributed by atoms with Gasteiger partial charge in [-0.3, -0.25) is 0 Å². The number of likely N-dealkylation sites (N-methyl/N-ethyl adjacent to an activating group) is 1. The van der Waals surface area contributed by atoms with Crippen LogP contribution in [0.25, 0.3) is 0 Å². The van der Waals surface area contributed by atoms with Gasteiger partial charge in [-0.05, 0) is 19.4 Å². The first-order valence-electron chi connectivity index (χ1n) is 5.90. The lowest BCUT2D eigenvalue weighted by atomic mass is 10.3. The minimum absolute atomic E-state index is 0.106. The molecule has 0 amide bonds. The zero-order valence-corrected chi connectivity index (χ0v) is 11.3. The van der Waals surface area contributed by atoms with Gasteiger partial charge in [0, 0.05) is 33.2 Å². The molecule has 0 radical (unpaired) electrons. The molecule has 1 aliphatic rings. The molecule has 0 aromatic heterocycles. The lowest BCUT2D eigenvalue weighted by molar-refractivity contribution is 0.342. The highest BCUT2D eigenvalue weighted by molar-refractivity contribution is 7.86. The van der Waals surface area contributed by atoms with Crippen LogP contribution in [-0.4, -0.2) is 56.8 Å². The summed E-state index contributed by atoms with van der Waals surface area (Å²) in [4.78, 5) is 0. The van der Waals surface area contributed by atoms with Gasteiger partial charge in [0.2, 0.25) is 0 Å². The van der Waals surface area contributed by atoms with Crippen molar-refractivity contribution in [3.63, 3.8) is 0 Å². The van der Waals surface area contributed by atoms with Crippen molar-refractivity contribution in [3.8, 4) is 0 Å². The van der Waals surface area contributed by atoms with Crippen molar-refractivity contribution in [1.29, 1.82) is 0 Å². The smallest absolute Gasteiger partial charge is 0.281 e. The number of hydrogen-bond donors (Lipinski definition) is 1. The summed E-state index contributed by atoms with van der Waals surface area (Å²) in [7, 11) is 0.0647. The number of unbranched alkanes of at least 4 members (excludes halogenated alkanes) is 1. The van der Waals surface area contributed by atoms with E-state index in [1.807, 2.05) is 0 Å². The van der Waals surface area contributed by atoms with Gasteiger partial charge < -0.3 is 5.32 Å². The summed E-state index contributed by atoms with van der Waals surface area (Å²) >= 11 is 0. The molecule has 16 heavy (non-hydrogen) atoms. The number of hydrogen-bond acceptors (Lipinski definition) is 3. The summed E-state index contributed by atoms with van der Waals surface area (Å²) in [5.74, 6) is 0. The first-order chi connectivity index (χ1) is 7.50. The molecule has 5 nitrogen and oxygen atoms in total. The van der Waals surface area contributed by atoms with E-state index < -0.39 is 10.2 Å². The summed E-state index contributed by atoms with van der Waals surface area (Å²) in [6, 6.07) is 0.106. The van der Waals surface area contributed by atoms with Crippen LogP contribution in [0.4, 0.5) is 0 Å². The Hall–Kier alpha value is -0.170. The summed E-state index contributed by atoms with van der Waals surface area (Å²) in [5, 5.41) is 3.18. The predicted octanol–water partition coefficient (Wildman–Crippen LogP) is 0.257. The maximum atomic E-state index is 12.1. The second-order valence-electron chi connectivity index (χ2n) is 4.35. The Labute approximate surface area is 99.0 Å². The number of nitrogens with zero attached hydrogens (tertiary/aromatic N) is 2. The minimum Gasteiger partial charge on any atom is -0.315 e. The zero-order valence-electron chi connectivity index (χ0n) is 10.4. The first kappa shape index (κ1) is 13.9. The number of rotatable bonds is 6. The van der Waals surface area contributed by atoms with Gasteiger partial charge in [-0.1, -0.05) is 13.3 Å². The summed E-state index contributed by atoms with van der Waals surface area (Å²) in [6.07, 6.45) is 2.82. The van der Waals surface area contributed by atoms with Gasteiger partial charge in [0.25, 0.3) is 10.2 Å². The highest BCUT2D eigenvalue weighted by Gasteiger charge is 2.31. The lowest BCUT2D eigenvalue weighted by Gasteiger charge is -2.28. The Kier molecular flexibility index (Phi) is 5.17. The van der Waals surface area contributed by atoms with Crippen molar-refractivity contribution in [2.45, 2.75) is 32.2 Å².